The molecule has 0 aliphatic carbocycles. The predicted octanol–water partition coefficient (Wildman–Crippen LogP) is 4.48. The predicted molar refractivity (Wildman–Crippen MR) is 83.1 cm³/mol. The zero-order valence-electron chi connectivity index (χ0n) is 11.2. The molecule has 0 aliphatic heterocycles. The lowest BCUT2D eigenvalue weighted by atomic mass is 10.0. The fourth-order valence-corrected chi connectivity index (χ4v) is 3.66. The highest BCUT2D eigenvalue weighted by molar-refractivity contribution is 7.99. The first-order chi connectivity index (χ1) is 9.69. The number of fused-ring (bicyclic) bond motifs is 1. The number of aldehydes is 1. The van der Waals surface area contributed by atoms with Gasteiger partial charge in [-0.25, -0.2) is 4.98 Å². The van der Waals surface area contributed by atoms with Crippen molar-refractivity contribution in [2.24, 2.45) is 0 Å². The number of hydrogen-bond donors (Lipinski definition) is 0. The van der Waals surface area contributed by atoms with Gasteiger partial charge in [-0.3, -0.25) is 9.20 Å². The van der Waals surface area contributed by atoms with Crippen LogP contribution in [0.1, 0.15) is 35.8 Å². The second kappa shape index (κ2) is 5.42. The van der Waals surface area contributed by atoms with Crippen molar-refractivity contribution in [3.63, 3.8) is 0 Å². The summed E-state index contributed by atoms with van der Waals surface area (Å²) in [5, 5.41) is 2.70. The van der Waals surface area contributed by atoms with E-state index < -0.39 is 0 Å². The average Bonchev–Trinajstić information content (AvgIpc) is 2.99. The Morgan fingerprint density at radius 3 is 2.70 bits per heavy atom. The highest BCUT2D eigenvalue weighted by Crippen LogP contribution is 2.31. The number of benzene rings is 1. The van der Waals surface area contributed by atoms with Crippen molar-refractivity contribution in [3.8, 4) is 0 Å². The minimum atomic E-state index is 0.525. The van der Waals surface area contributed by atoms with E-state index in [4.69, 9.17) is 0 Å². The summed E-state index contributed by atoms with van der Waals surface area (Å²) in [5.41, 5.74) is 1.94. The fourth-order valence-electron chi connectivity index (χ4n) is 2.00. The smallest absolute Gasteiger partial charge is 0.195 e. The number of hydrogen-bond acceptors (Lipinski definition) is 4. The number of carbonyl (C=O) groups is 1. The molecule has 0 aliphatic rings. The lowest BCUT2D eigenvalue weighted by Crippen LogP contribution is -1.89. The van der Waals surface area contributed by atoms with Gasteiger partial charge in [0.15, 0.2) is 11.2 Å². The minimum absolute atomic E-state index is 0.525. The topological polar surface area (TPSA) is 34.4 Å². The molecule has 0 unspecified atom stereocenters. The molecule has 3 rings (SSSR count). The normalized spacial score (nSPS) is 11.3. The molecule has 5 heteroatoms. The quantitative estimate of drug-likeness (QED) is 0.666. The molecule has 3 aromatic rings. The van der Waals surface area contributed by atoms with Crippen molar-refractivity contribution in [3.05, 3.63) is 47.1 Å². The van der Waals surface area contributed by atoms with Crippen LogP contribution in [-0.4, -0.2) is 15.7 Å². The van der Waals surface area contributed by atoms with Gasteiger partial charge in [-0.05, 0) is 23.6 Å². The molecular weight excluding hydrogens is 288 g/mol. The van der Waals surface area contributed by atoms with Crippen molar-refractivity contribution in [1.82, 2.24) is 9.38 Å². The zero-order valence-corrected chi connectivity index (χ0v) is 12.9. The van der Waals surface area contributed by atoms with Crippen LogP contribution in [0, 0.1) is 0 Å². The molecule has 0 saturated heterocycles. The Balaban J connectivity index is 1.92. The van der Waals surface area contributed by atoms with Crippen molar-refractivity contribution in [2.45, 2.75) is 29.7 Å². The Bertz CT molecular complexity index is 741. The van der Waals surface area contributed by atoms with Gasteiger partial charge in [0.05, 0.1) is 0 Å². The highest BCUT2D eigenvalue weighted by atomic mass is 32.2. The van der Waals surface area contributed by atoms with Crippen LogP contribution in [0.5, 0.6) is 0 Å². The SMILES string of the molecule is CC(C)c1ccc(Sc2nc3sccn3c2C=O)cc1. The molecule has 0 fully saturated rings. The van der Waals surface area contributed by atoms with E-state index in [9.17, 15) is 4.79 Å². The summed E-state index contributed by atoms with van der Waals surface area (Å²) in [6.45, 7) is 4.35. The van der Waals surface area contributed by atoms with E-state index in [1.54, 1.807) is 0 Å². The molecule has 0 saturated carbocycles. The first kappa shape index (κ1) is 13.4. The molecule has 102 valence electrons. The largest absolute Gasteiger partial charge is 0.296 e. The van der Waals surface area contributed by atoms with Gasteiger partial charge in [-0.1, -0.05) is 37.7 Å². The summed E-state index contributed by atoms with van der Waals surface area (Å²) < 4.78 is 1.84. The van der Waals surface area contributed by atoms with Crippen molar-refractivity contribution in [2.75, 3.05) is 0 Å². The summed E-state index contributed by atoms with van der Waals surface area (Å²) in [6.07, 6.45) is 2.75. The van der Waals surface area contributed by atoms with Gasteiger partial charge in [0.2, 0.25) is 0 Å². The second-order valence-electron chi connectivity index (χ2n) is 4.80. The Kier molecular flexibility index (Phi) is 3.63. The molecular formula is C15H14N2OS2. The lowest BCUT2D eigenvalue weighted by Gasteiger charge is -2.05. The highest BCUT2D eigenvalue weighted by Gasteiger charge is 2.13. The molecule has 3 nitrogen and oxygen atoms in total. The maximum atomic E-state index is 11.3. The number of imidazole rings is 1. The van der Waals surface area contributed by atoms with Gasteiger partial charge in [0, 0.05) is 16.5 Å². The van der Waals surface area contributed by atoms with Crippen LogP contribution in [0.3, 0.4) is 0 Å². The maximum Gasteiger partial charge on any atom is 0.195 e. The van der Waals surface area contributed by atoms with Crippen LogP contribution in [0.25, 0.3) is 4.96 Å². The summed E-state index contributed by atoms with van der Waals surface area (Å²) in [7, 11) is 0. The number of thiazole rings is 1. The van der Waals surface area contributed by atoms with Gasteiger partial charge in [-0.15, -0.1) is 11.3 Å². The Morgan fingerprint density at radius 1 is 1.30 bits per heavy atom. The zero-order chi connectivity index (χ0) is 14.1. The molecule has 0 atom stereocenters. The molecule has 0 radical (unpaired) electrons. The average molecular weight is 302 g/mol. The van der Waals surface area contributed by atoms with Crippen LogP contribution in [0.15, 0.2) is 45.8 Å². The maximum absolute atomic E-state index is 11.3. The van der Waals surface area contributed by atoms with E-state index in [1.807, 2.05) is 16.0 Å². The second-order valence-corrected chi connectivity index (χ2v) is 6.74. The summed E-state index contributed by atoms with van der Waals surface area (Å²) >= 11 is 3.07. The molecule has 2 heterocycles. The van der Waals surface area contributed by atoms with E-state index in [0.29, 0.717) is 11.6 Å². The van der Waals surface area contributed by atoms with Gasteiger partial charge >= 0.3 is 0 Å². The monoisotopic (exact) mass is 302 g/mol. The van der Waals surface area contributed by atoms with E-state index >= 15 is 0 Å². The summed E-state index contributed by atoms with van der Waals surface area (Å²) in [6, 6.07) is 8.43. The first-order valence-corrected chi connectivity index (χ1v) is 8.07. The molecule has 0 bridgehead atoms. The van der Waals surface area contributed by atoms with Crippen LogP contribution < -0.4 is 0 Å². The molecule has 1 aromatic carbocycles. The Morgan fingerprint density at radius 2 is 2.05 bits per heavy atom. The van der Waals surface area contributed by atoms with Crippen LogP contribution in [-0.2, 0) is 0 Å². The van der Waals surface area contributed by atoms with Crippen molar-refractivity contribution in [1.29, 1.82) is 0 Å². The van der Waals surface area contributed by atoms with E-state index in [1.165, 1.54) is 28.7 Å². The third-order valence-electron chi connectivity index (χ3n) is 3.14. The third-order valence-corrected chi connectivity index (χ3v) is 4.90. The Hall–Kier alpha value is -1.59. The first-order valence-electron chi connectivity index (χ1n) is 6.37. The van der Waals surface area contributed by atoms with Crippen LogP contribution in [0.4, 0.5) is 0 Å². The van der Waals surface area contributed by atoms with Crippen LogP contribution in [0.2, 0.25) is 0 Å². The fraction of sp³-hybridized carbons (Fsp3) is 0.200. The lowest BCUT2D eigenvalue weighted by molar-refractivity contribution is 0.111. The van der Waals surface area contributed by atoms with Crippen molar-refractivity contribution < 1.29 is 4.79 Å². The van der Waals surface area contributed by atoms with E-state index in [-0.39, 0.29) is 0 Å². The minimum Gasteiger partial charge on any atom is -0.296 e. The molecule has 20 heavy (non-hydrogen) atoms. The summed E-state index contributed by atoms with van der Waals surface area (Å²) in [5.74, 6) is 0.525. The molecule has 0 spiro atoms. The molecule has 2 aromatic heterocycles. The number of nitrogens with zero attached hydrogens (tertiary/aromatic N) is 2. The van der Waals surface area contributed by atoms with Gasteiger partial charge < -0.3 is 0 Å². The Labute approximate surface area is 125 Å². The van der Waals surface area contributed by atoms with Crippen LogP contribution >= 0.6 is 23.1 Å². The number of aromatic nitrogens is 2. The van der Waals surface area contributed by atoms with Gasteiger partial charge in [0.25, 0.3) is 0 Å². The third kappa shape index (κ3) is 2.39. The van der Waals surface area contributed by atoms with E-state index in [0.717, 1.165) is 21.2 Å². The van der Waals surface area contributed by atoms with Gasteiger partial charge in [-0.2, -0.15) is 0 Å². The number of rotatable bonds is 4. The van der Waals surface area contributed by atoms with Gasteiger partial charge in [0.1, 0.15) is 10.7 Å². The van der Waals surface area contributed by atoms with E-state index in [2.05, 4.69) is 43.1 Å². The van der Waals surface area contributed by atoms with Crippen molar-refractivity contribution >= 4 is 34.3 Å². The molecule has 0 N–H and O–H groups in total. The summed E-state index contributed by atoms with van der Waals surface area (Å²) in [4.78, 5) is 17.7. The molecule has 0 amide bonds. The standard InChI is InChI=1S/C15H14N2OS2/c1-10(2)11-3-5-12(6-4-11)20-14-13(9-18)17-7-8-19-15(17)16-14/h3-10H,1-2H3. The number of carbonyl (C=O) groups excluding carboxylic acids is 1.